The van der Waals surface area contributed by atoms with Crippen molar-refractivity contribution in [3.8, 4) is 0 Å². The van der Waals surface area contributed by atoms with E-state index in [1.807, 2.05) is 0 Å². The van der Waals surface area contributed by atoms with Gasteiger partial charge in [-0.25, -0.2) is 0 Å². The van der Waals surface area contributed by atoms with Crippen molar-refractivity contribution in [1.29, 1.82) is 0 Å². The summed E-state index contributed by atoms with van der Waals surface area (Å²) < 4.78 is 0.238. The molecular formula is C7H12BINO3PS. The van der Waals surface area contributed by atoms with Gasteiger partial charge in [0.2, 0.25) is 11.8 Å². The number of rotatable bonds is 5. The van der Waals surface area contributed by atoms with E-state index in [1.54, 1.807) is 0 Å². The fourth-order valence-electron chi connectivity index (χ4n) is 1.38. The number of carbonyl (C=O) groups is 2. The van der Waals surface area contributed by atoms with Crippen LogP contribution in [0.3, 0.4) is 0 Å². The molecule has 1 heterocycles. The number of aliphatic hydroxyl groups is 1. The van der Waals surface area contributed by atoms with E-state index in [0.717, 1.165) is 0 Å². The summed E-state index contributed by atoms with van der Waals surface area (Å²) in [6.45, 7) is 0.349. The van der Waals surface area contributed by atoms with E-state index >= 15 is 0 Å². The highest BCUT2D eigenvalue weighted by Gasteiger charge is 2.39. The summed E-state index contributed by atoms with van der Waals surface area (Å²) in [6, 6.07) is 0. The van der Waals surface area contributed by atoms with Gasteiger partial charge in [-0.15, -0.1) is 31.5 Å². The van der Waals surface area contributed by atoms with E-state index in [4.69, 9.17) is 5.11 Å². The molecule has 1 aliphatic heterocycles. The van der Waals surface area contributed by atoms with Gasteiger partial charge in [0.25, 0.3) is 0 Å². The number of hydrogen-bond donors (Lipinski definition) is 1. The Hall–Kier alpha value is 0.675. The Morgan fingerprint density at radius 3 is 2.87 bits per heavy atom. The van der Waals surface area contributed by atoms with Crippen molar-refractivity contribution in [1.82, 2.24) is 4.90 Å². The Morgan fingerprint density at radius 2 is 2.33 bits per heavy atom. The van der Waals surface area contributed by atoms with E-state index in [1.165, 1.54) is 16.5 Å². The number of nitrogens with zero attached hydrogens (tertiary/aromatic N) is 1. The van der Waals surface area contributed by atoms with Crippen molar-refractivity contribution >= 4 is 58.5 Å². The molecule has 0 aromatic rings. The molecule has 0 bridgehead atoms. The average Bonchev–Trinajstić information content (AvgIpc) is 2.39. The standard InChI is InChI=1S/C7H12BINO3PS/c9-8(14)15-5-4-6(12)10(7(5)13)2-1-3-11/h5,11H,1-4,14H2. The summed E-state index contributed by atoms with van der Waals surface area (Å²) in [5.74, 6) is -0.226. The molecule has 4 nitrogen and oxygen atoms in total. The lowest BCUT2D eigenvalue weighted by molar-refractivity contribution is -0.138. The molecule has 0 aliphatic carbocycles. The minimum Gasteiger partial charge on any atom is -0.396 e. The van der Waals surface area contributed by atoms with Gasteiger partial charge in [0.1, 0.15) is 0 Å². The SMILES string of the molecule is O=C1CC(SB(P)I)C(=O)N1CCCO. The largest absolute Gasteiger partial charge is 0.396 e. The van der Waals surface area contributed by atoms with Crippen LogP contribution in [0.2, 0.25) is 0 Å². The van der Waals surface area contributed by atoms with Crippen LogP contribution in [0, 0.1) is 0 Å². The zero-order valence-electron chi connectivity index (χ0n) is 8.06. The normalized spacial score (nSPS) is 21.3. The second-order valence-electron chi connectivity index (χ2n) is 3.14. The van der Waals surface area contributed by atoms with E-state index in [9.17, 15) is 9.59 Å². The van der Waals surface area contributed by atoms with Crippen molar-refractivity contribution in [2.24, 2.45) is 0 Å². The zero-order valence-corrected chi connectivity index (χ0v) is 12.2. The van der Waals surface area contributed by atoms with E-state index in [-0.39, 0.29) is 27.2 Å². The first-order valence-electron chi connectivity index (χ1n) is 4.56. The highest BCUT2D eigenvalue weighted by Crippen LogP contribution is 2.31. The molecule has 1 fully saturated rings. The van der Waals surface area contributed by atoms with Gasteiger partial charge in [-0.05, 0) is 6.42 Å². The Labute approximate surface area is 109 Å². The topological polar surface area (TPSA) is 57.6 Å². The molecule has 1 aliphatic rings. The minimum atomic E-state index is -0.240. The predicted molar refractivity (Wildman–Crippen MR) is 73.9 cm³/mol. The molecule has 8 heteroatoms. The van der Waals surface area contributed by atoms with Crippen molar-refractivity contribution < 1.29 is 14.7 Å². The molecule has 84 valence electrons. The van der Waals surface area contributed by atoms with Crippen molar-refractivity contribution in [3.05, 3.63) is 0 Å². The molecule has 2 amide bonds. The lowest BCUT2D eigenvalue weighted by Gasteiger charge is -2.13. The first-order valence-corrected chi connectivity index (χ1v) is 7.42. The van der Waals surface area contributed by atoms with Crippen molar-refractivity contribution in [2.75, 3.05) is 13.2 Å². The molecule has 0 aromatic carbocycles. The number of carbonyl (C=O) groups excluding carboxylic acids is 2. The zero-order chi connectivity index (χ0) is 11.4. The minimum absolute atomic E-state index is 0.00735. The number of imide groups is 1. The second kappa shape index (κ2) is 6.42. The summed E-state index contributed by atoms with van der Waals surface area (Å²) in [7, 11) is 2.59. The van der Waals surface area contributed by atoms with Gasteiger partial charge in [-0.3, -0.25) is 14.5 Å². The van der Waals surface area contributed by atoms with Crippen molar-refractivity contribution in [2.45, 2.75) is 18.1 Å². The third-order valence-electron chi connectivity index (χ3n) is 2.04. The second-order valence-corrected chi connectivity index (χ2v) is 9.18. The van der Waals surface area contributed by atoms with E-state index in [0.29, 0.717) is 19.4 Å². The van der Waals surface area contributed by atoms with Crippen LogP contribution in [0.15, 0.2) is 0 Å². The molecule has 15 heavy (non-hydrogen) atoms. The van der Waals surface area contributed by atoms with Crippen LogP contribution in [0.25, 0.3) is 0 Å². The van der Waals surface area contributed by atoms with Crippen LogP contribution in [0.4, 0.5) is 0 Å². The smallest absolute Gasteiger partial charge is 0.303 e. The maximum absolute atomic E-state index is 11.7. The van der Waals surface area contributed by atoms with Gasteiger partial charge in [-0.2, -0.15) is 11.6 Å². The lowest BCUT2D eigenvalue weighted by Crippen LogP contribution is -2.32. The lowest BCUT2D eigenvalue weighted by atomic mass is 10.3. The van der Waals surface area contributed by atoms with Gasteiger partial charge in [0.05, 0.1) is 5.25 Å². The summed E-state index contributed by atoms with van der Waals surface area (Å²) in [4.78, 5) is 24.5. The number of likely N-dealkylation sites (tertiary alicyclic amines) is 1. The first-order chi connectivity index (χ1) is 7.06. The summed E-state index contributed by atoms with van der Waals surface area (Å²) in [5.41, 5.74) is 0. The molecule has 0 radical (unpaired) electrons. The van der Waals surface area contributed by atoms with Crippen molar-refractivity contribution in [3.63, 3.8) is 0 Å². The van der Waals surface area contributed by atoms with Gasteiger partial charge in [-0.1, -0.05) is 0 Å². The third kappa shape index (κ3) is 3.87. The number of amides is 2. The van der Waals surface area contributed by atoms with Crippen LogP contribution in [-0.2, 0) is 9.59 Å². The molecule has 0 saturated carbocycles. The maximum Gasteiger partial charge on any atom is 0.303 e. The fourth-order valence-corrected chi connectivity index (χ4v) is 3.81. The average molecular weight is 359 g/mol. The van der Waals surface area contributed by atoms with Crippen LogP contribution < -0.4 is 0 Å². The Kier molecular flexibility index (Phi) is 5.88. The maximum atomic E-state index is 11.7. The predicted octanol–water partition coefficient (Wildman–Crippen LogP) is 0.524. The Balaban J connectivity index is 2.54. The number of hydrogen-bond acceptors (Lipinski definition) is 4. The number of aliphatic hydroxyl groups excluding tert-OH is 1. The first kappa shape index (κ1) is 13.7. The molecule has 0 spiro atoms. The highest BCUT2D eigenvalue weighted by atomic mass is 127. The monoisotopic (exact) mass is 359 g/mol. The van der Waals surface area contributed by atoms with Gasteiger partial charge >= 0.3 is 3.57 Å². The third-order valence-corrected chi connectivity index (χ3v) is 4.35. The molecule has 1 N–H and O–H groups in total. The molecular weight excluding hydrogens is 347 g/mol. The van der Waals surface area contributed by atoms with Crippen LogP contribution >= 0.6 is 43.1 Å². The van der Waals surface area contributed by atoms with E-state index < -0.39 is 0 Å². The summed E-state index contributed by atoms with van der Waals surface area (Å²) in [5, 5.41) is 8.41. The van der Waals surface area contributed by atoms with Gasteiger partial charge in [0.15, 0.2) is 0 Å². The van der Waals surface area contributed by atoms with Crippen LogP contribution in [0.1, 0.15) is 12.8 Å². The Morgan fingerprint density at radius 1 is 1.67 bits per heavy atom. The molecule has 1 saturated heterocycles. The van der Waals surface area contributed by atoms with Gasteiger partial charge < -0.3 is 5.11 Å². The molecule has 2 atom stereocenters. The molecule has 1 rings (SSSR count). The van der Waals surface area contributed by atoms with Gasteiger partial charge in [0, 0.05) is 19.6 Å². The molecule has 2 unspecified atom stereocenters. The summed E-state index contributed by atoms with van der Waals surface area (Å²) >= 11 is 3.68. The highest BCUT2D eigenvalue weighted by molar-refractivity contribution is 14.1. The van der Waals surface area contributed by atoms with E-state index in [2.05, 4.69) is 31.5 Å². The quantitative estimate of drug-likeness (QED) is 0.337. The summed E-state index contributed by atoms with van der Waals surface area (Å²) in [6.07, 6.45) is 0.756. The fraction of sp³-hybridized carbons (Fsp3) is 0.714. The Bertz CT molecular complexity index is 269. The molecule has 0 aromatic heterocycles. The van der Waals surface area contributed by atoms with Crippen LogP contribution in [-0.4, -0.2) is 43.8 Å². The van der Waals surface area contributed by atoms with Crippen LogP contribution in [0.5, 0.6) is 0 Å². The number of halogens is 1.